The third-order valence-corrected chi connectivity index (χ3v) is 5.16. The van der Waals surface area contributed by atoms with Gasteiger partial charge < -0.3 is 0 Å². The monoisotopic (exact) mass is 189 g/mol. The first-order valence-corrected chi connectivity index (χ1v) is 6.71. The van der Waals surface area contributed by atoms with Crippen molar-refractivity contribution in [3.8, 4) is 0 Å². The van der Waals surface area contributed by atoms with Gasteiger partial charge in [0.2, 0.25) is 0 Å². The minimum Gasteiger partial charge on any atom is -0.253 e. The van der Waals surface area contributed by atoms with Crippen molar-refractivity contribution in [1.82, 2.24) is 0 Å². The molecule has 0 heterocycles. The van der Waals surface area contributed by atoms with E-state index >= 15 is 0 Å². The molecule has 0 spiro atoms. The molecule has 2 nitrogen and oxygen atoms in total. The van der Waals surface area contributed by atoms with Crippen molar-refractivity contribution in [1.29, 1.82) is 4.78 Å². The lowest BCUT2D eigenvalue weighted by Gasteiger charge is -2.23. The normalized spacial score (nSPS) is 25.1. The van der Waals surface area contributed by atoms with Gasteiger partial charge in [0.1, 0.15) is 0 Å². The average molecular weight is 189 g/mol. The molecule has 0 aromatic heterocycles. The molecule has 0 aromatic rings. The van der Waals surface area contributed by atoms with Crippen LogP contribution in [0.3, 0.4) is 0 Å². The highest BCUT2D eigenvalue weighted by Gasteiger charge is 2.22. The van der Waals surface area contributed by atoms with Crippen LogP contribution >= 0.6 is 0 Å². The van der Waals surface area contributed by atoms with Gasteiger partial charge in [-0.1, -0.05) is 26.2 Å². The summed E-state index contributed by atoms with van der Waals surface area (Å²) < 4.78 is 19.6. The van der Waals surface area contributed by atoms with E-state index in [0.29, 0.717) is 5.75 Å². The van der Waals surface area contributed by atoms with Crippen LogP contribution in [0.25, 0.3) is 0 Å². The third kappa shape index (κ3) is 2.47. The van der Waals surface area contributed by atoms with E-state index in [-0.39, 0.29) is 5.25 Å². The Morgan fingerprint density at radius 3 is 2.42 bits per heavy atom. The van der Waals surface area contributed by atoms with Gasteiger partial charge >= 0.3 is 0 Å². The Morgan fingerprint density at radius 2 is 1.92 bits per heavy atom. The highest BCUT2D eigenvalue weighted by atomic mass is 32.2. The largest absolute Gasteiger partial charge is 0.253 e. The van der Waals surface area contributed by atoms with Crippen LogP contribution in [0, 0.1) is 4.78 Å². The maximum absolute atomic E-state index is 11.8. The van der Waals surface area contributed by atoms with Gasteiger partial charge in [-0.05, 0) is 19.3 Å². The summed E-state index contributed by atoms with van der Waals surface area (Å²) in [5.41, 5.74) is 0. The van der Waals surface area contributed by atoms with E-state index < -0.39 is 9.73 Å². The second-order valence-electron chi connectivity index (χ2n) is 3.69. The fourth-order valence-electron chi connectivity index (χ4n) is 1.92. The molecule has 1 unspecified atom stereocenters. The molecule has 0 radical (unpaired) electrons. The van der Waals surface area contributed by atoms with Crippen molar-refractivity contribution >= 4 is 9.73 Å². The Morgan fingerprint density at radius 1 is 1.33 bits per heavy atom. The van der Waals surface area contributed by atoms with Crippen molar-refractivity contribution in [3.05, 3.63) is 0 Å². The number of hydrogen-bond acceptors (Lipinski definition) is 2. The lowest BCUT2D eigenvalue weighted by molar-refractivity contribution is 0.501. The van der Waals surface area contributed by atoms with Crippen LogP contribution in [0.5, 0.6) is 0 Å². The fraction of sp³-hybridized carbons (Fsp3) is 1.00. The predicted octanol–water partition coefficient (Wildman–Crippen LogP) is 2.78. The van der Waals surface area contributed by atoms with E-state index in [1.165, 1.54) is 19.3 Å². The van der Waals surface area contributed by atoms with Crippen LogP contribution in [0.2, 0.25) is 0 Å². The second-order valence-corrected chi connectivity index (χ2v) is 6.22. The minimum absolute atomic E-state index is 0.214. The van der Waals surface area contributed by atoms with Crippen molar-refractivity contribution in [2.45, 2.75) is 50.7 Å². The van der Waals surface area contributed by atoms with Crippen LogP contribution in [-0.2, 0) is 9.73 Å². The average Bonchev–Trinajstić information content (AvgIpc) is 2.06. The van der Waals surface area contributed by atoms with Crippen molar-refractivity contribution in [2.24, 2.45) is 0 Å². The molecular formula is C9H19NOS. The maximum Gasteiger partial charge on any atom is 0.0470 e. The Labute approximate surface area is 75.7 Å². The Hall–Kier alpha value is -0.0500. The van der Waals surface area contributed by atoms with E-state index in [9.17, 15) is 4.21 Å². The van der Waals surface area contributed by atoms with Crippen molar-refractivity contribution < 1.29 is 4.21 Å². The van der Waals surface area contributed by atoms with Gasteiger partial charge in [0.15, 0.2) is 0 Å². The summed E-state index contributed by atoms with van der Waals surface area (Å²) in [6.07, 6.45) is 6.59. The topological polar surface area (TPSA) is 40.9 Å². The molecule has 0 aliphatic heterocycles. The molecule has 0 bridgehead atoms. The van der Waals surface area contributed by atoms with Crippen molar-refractivity contribution in [2.75, 3.05) is 5.75 Å². The smallest absolute Gasteiger partial charge is 0.0470 e. The first kappa shape index (κ1) is 10.0. The Balaban J connectivity index is 2.54. The number of hydrogen-bond donors (Lipinski definition) is 1. The summed E-state index contributed by atoms with van der Waals surface area (Å²) in [5.74, 6) is 0.609. The van der Waals surface area contributed by atoms with Crippen molar-refractivity contribution in [3.63, 3.8) is 0 Å². The zero-order valence-corrected chi connectivity index (χ0v) is 8.66. The predicted molar refractivity (Wildman–Crippen MR) is 52.9 cm³/mol. The lowest BCUT2D eigenvalue weighted by Crippen LogP contribution is -2.24. The molecule has 0 aromatic carbocycles. The third-order valence-electron chi connectivity index (χ3n) is 2.60. The summed E-state index contributed by atoms with van der Waals surface area (Å²) in [4.78, 5) is 0. The molecule has 12 heavy (non-hydrogen) atoms. The summed E-state index contributed by atoms with van der Waals surface area (Å²) in [5, 5.41) is 0.214. The van der Waals surface area contributed by atoms with Crippen LogP contribution in [-0.4, -0.2) is 15.2 Å². The molecule has 3 heteroatoms. The SMILES string of the molecule is CCCS(=N)(=O)C1CCCCC1. The minimum atomic E-state index is -2.23. The van der Waals surface area contributed by atoms with E-state index in [1.807, 2.05) is 6.92 Å². The molecule has 1 aliphatic carbocycles. The zero-order valence-electron chi connectivity index (χ0n) is 7.84. The van der Waals surface area contributed by atoms with E-state index in [1.54, 1.807) is 0 Å². The summed E-state index contributed by atoms with van der Waals surface area (Å²) >= 11 is 0. The number of rotatable bonds is 3. The highest BCUT2D eigenvalue weighted by Crippen LogP contribution is 2.24. The Bertz CT molecular complexity index is 215. The molecule has 1 rings (SSSR count). The van der Waals surface area contributed by atoms with Crippen LogP contribution in [0.15, 0.2) is 0 Å². The summed E-state index contributed by atoms with van der Waals surface area (Å²) in [6, 6.07) is 0. The van der Waals surface area contributed by atoms with Crippen LogP contribution in [0.1, 0.15) is 45.4 Å². The molecule has 1 aliphatic rings. The molecule has 0 saturated heterocycles. The van der Waals surface area contributed by atoms with E-state index in [4.69, 9.17) is 4.78 Å². The zero-order chi connectivity index (χ0) is 9.03. The molecule has 1 atom stereocenters. The molecule has 1 saturated carbocycles. The summed E-state index contributed by atoms with van der Waals surface area (Å²) in [6.45, 7) is 2.01. The molecular weight excluding hydrogens is 170 g/mol. The van der Waals surface area contributed by atoms with Gasteiger partial charge in [0.25, 0.3) is 0 Å². The first-order valence-electron chi connectivity index (χ1n) is 4.92. The molecule has 72 valence electrons. The van der Waals surface area contributed by atoms with E-state index in [0.717, 1.165) is 19.3 Å². The molecule has 1 fully saturated rings. The second kappa shape index (κ2) is 4.26. The highest BCUT2D eigenvalue weighted by molar-refractivity contribution is 7.93. The van der Waals surface area contributed by atoms with Gasteiger partial charge in [0, 0.05) is 20.7 Å². The van der Waals surface area contributed by atoms with Gasteiger partial charge in [-0.25, -0.2) is 4.21 Å². The van der Waals surface area contributed by atoms with Gasteiger partial charge in [-0.2, -0.15) is 0 Å². The maximum atomic E-state index is 11.8. The Kier molecular flexibility index (Phi) is 3.56. The summed E-state index contributed by atoms with van der Waals surface area (Å²) in [7, 11) is -2.23. The van der Waals surface area contributed by atoms with Crippen LogP contribution in [0.4, 0.5) is 0 Å². The van der Waals surface area contributed by atoms with Gasteiger partial charge in [-0.3, -0.25) is 4.78 Å². The van der Waals surface area contributed by atoms with Crippen LogP contribution < -0.4 is 0 Å². The number of nitrogens with one attached hydrogen (secondary N) is 1. The standard InChI is InChI=1S/C9H19NOS/c1-2-8-12(10,11)9-6-4-3-5-7-9/h9-10H,2-8H2,1H3. The lowest BCUT2D eigenvalue weighted by atomic mass is 10.0. The van der Waals surface area contributed by atoms with E-state index in [2.05, 4.69) is 0 Å². The van der Waals surface area contributed by atoms with Gasteiger partial charge in [-0.15, -0.1) is 0 Å². The fourth-order valence-corrected chi connectivity index (χ4v) is 3.95. The molecule has 1 N–H and O–H groups in total. The first-order chi connectivity index (χ1) is 5.67. The quantitative estimate of drug-likeness (QED) is 0.728. The molecule has 0 amide bonds. The van der Waals surface area contributed by atoms with Gasteiger partial charge in [0.05, 0.1) is 0 Å².